The Hall–Kier alpha value is -1.42. The van der Waals surface area contributed by atoms with E-state index in [1.807, 2.05) is 13.0 Å². The maximum atomic E-state index is 10.6. The lowest BCUT2D eigenvalue weighted by Crippen LogP contribution is -2.05. The molecule has 2 N–H and O–H groups in total. The first-order chi connectivity index (χ1) is 6.15. The van der Waals surface area contributed by atoms with E-state index in [0.29, 0.717) is 18.5 Å². The lowest BCUT2D eigenvalue weighted by Gasteiger charge is -2.01. The molecule has 0 aliphatic carbocycles. The fourth-order valence-corrected chi connectivity index (χ4v) is 1.25. The van der Waals surface area contributed by atoms with Crippen molar-refractivity contribution in [1.29, 1.82) is 0 Å². The third-order valence-corrected chi connectivity index (χ3v) is 1.85. The van der Waals surface area contributed by atoms with Crippen molar-refractivity contribution in [2.45, 2.75) is 13.3 Å². The van der Waals surface area contributed by atoms with Gasteiger partial charge in [0, 0.05) is 11.6 Å². The third-order valence-electron chi connectivity index (χ3n) is 1.85. The number of rotatable bonds is 3. The monoisotopic (exact) mass is 180 g/mol. The van der Waals surface area contributed by atoms with Crippen LogP contribution in [0.25, 0.3) is 0 Å². The van der Waals surface area contributed by atoms with E-state index in [4.69, 9.17) is 5.73 Å². The van der Waals surface area contributed by atoms with Gasteiger partial charge in [-0.15, -0.1) is 0 Å². The highest BCUT2D eigenvalue weighted by molar-refractivity contribution is 5.42. The van der Waals surface area contributed by atoms with Gasteiger partial charge >= 0.3 is 0 Å². The molecule has 1 aromatic carbocycles. The van der Waals surface area contributed by atoms with Gasteiger partial charge in [0.05, 0.1) is 4.92 Å². The summed E-state index contributed by atoms with van der Waals surface area (Å²) < 4.78 is 0. The van der Waals surface area contributed by atoms with Crippen LogP contribution in [0.15, 0.2) is 18.2 Å². The van der Waals surface area contributed by atoms with Crippen LogP contribution >= 0.6 is 0 Å². The number of nitrogens with zero attached hydrogens (tertiary/aromatic N) is 1. The standard InChI is InChI=1S/C9H12N2O2/c1-7-2-3-9(11(12)13)8(6-7)4-5-10/h2-3,6H,4-5,10H2,1H3. The van der Waals surface area contributed by atoms with Gasteiger partial charge in [-0.2, -0.15) is 0 Å². The molecule has 0 radical (unpaired) electrons. The van der Waals surface area contributed by atoms with E-state index in [0.717, 1.165) is 5.56 Å². The molecule has 4 heteroatoms. The molecule has 0 aromatic heterocycles. The number of benzene rings is 1. The molecule has 0 saturated carbocycles. The summed E-state index contributed by atoms with van der Waals surface area (Å²) >= 11 is 0. The zero-order chi connectivity index (χ0) is 9.84. The van der Waals surface area contributed by atoms with Crippen molar-refractivity contribution in [2.24, 2.45) is 5.73 Å². The van der Waals surface area contributed by atoms with Crippen LogP contribution in [-0.2, 0) is 6.42 Å². The van der Waals surface area contributed by atoms with Crippen LogP contribution in [0, 0.1) is 17.0 Å². The minimum atomic E-state index is -0.371. The summed E-state index contributed by atoms with van der Waals surface area (Å²) in [5.74, 6) is 0. The Morgan fingerprint density at radius 1 is 1.54 bits per heavy atom. The molecule has 4 nitrogen and oxygen atoms in total. The predicted molar refractivity (Wildman–Crippen MR) is 50.6 cm³/mol. The van der Waals surface area contributed by atoms with E-state index in [1.54, 1.807) is 6.07 Å². The molecular formula is C9H12N2O2. The summed E-state index contributed by atoms with van der Waals surface area (Å²) in [6.07, 6.45) is 0.554. The molecule has 0 amide bonds. The minimum Gasteiger partial charge on any atom is -0.330 e. The lowest BCUT2D eigenvalue weighted by molar-refractivity contribution is -0.385. The number of nitro benzene ring substituents is 1. The molecule has 1 rings (SSSR count). The zero-order valence-electron chi connectivity index (χ0n) is 7.49. The van der Waals surface area contributed by atoms with Crippen LogP contribution in [0.5, 0.6) is 0 Å². The SMILES string of the molecule is Cc1ccc([N+](=O)[O-])c(CCN)c1. The Balaban J connectivity index is 3.10. The lowest BCUT2D eigenvalue weighted by atomic mass is 10.1. The molecule has 0 unspecified atom stereocenters. The molecule has 0 atom stereocenters. The van der Waals surface area contributed by atoms with Crippen LogP contribution in [0.4, 0.5) is 5.69 Å². The summed E-state index contributed by atoms with van der Waals surface area (Å²) in [5.41, 5.74) is 7.26. The van der Waals surface area contributed by atoms with E-state index in [2.05, 4.69) is 0 Å². The number of hydrogen-bond acceptors (Lipinski definition) is 3. The van der Waals surface area contributed by atoms with E-state index < -0.39 is 0 Å². The average Bonchev–Trinajstić information content (AvgIpc) is 2.04. The Bertz CT molecular complexity index is 323. The summed E-state index contributed by atoms with van der Waals surface area (Å²) in [4.78, 5) is 10.2. The number of hydrogen-bond donors (Lipinski definition) is 1. The second-order valence-electron chi connectivity index (χ2n) is 2.93. The van der Waals surface area contributed by atoms with Crippen LogP contribution in [0.1, 0.15) is 11.1 Å². The van der Waals surface area contributed by atoms with Crippen LogP contribution < -0.4 is 5.73 Å². The summed E-state index contributed by atoms with van der Waals surface area (Å²) in [7, 11) is 0. The van der Waals surface area contributed by atoms with Crippen molar-refractivity contribution in [3.8, 4) is 0 Å². The Morgan fingerprint density at radius 3 is 2.77 bits per heavy atom. The van der Waals surface area contributed by atoms with Gasteiger partial charge in [0.1, 0.15) is 0 Å². The van der Waals surface area contributed by atoms with Crippen LogP contribution in [0.3, 0.4) is 0 Å². The topological polar surface area (TPSA) is 69.2 Å². The van der Waals surface area contributed by atoms with E-state index in [1.165, 1.54) is 6.07 Å². The molecule has 0 saturated heterocycles. The van der Waals surface area contributed by atoms with Crippen LogP contribution in [0.2, 0.25) is 0 Å². The van der Waals surface area contributed by atoms with Crippen molar-refractivity contribution >= 4 is 5.69 Å². The highest BCUT2D eigenvalue weighted by atomic mass is 16.6. The molecule has 0 fully saturated rings. The van der Waals surface area contributed by atoms with E-state index >= 15 is 0 Å². The second kappa shape index (κ2) is 4.00. The average molecular weight is 180 g/mol. The molecule has 0 aliphatic rings. The molecule has 0 bridgehead atoms. The summed E-state index contributed by atoms with van der Waals surface area (Å²) in [6, 6.07) is 5.07. The highest BCUT2D eigenvalue weighted by Crippen LogP contribution is 2.19. The van der Waals surface area contributed by atoms with Crippen molar-refractivity contribution < 1.29 is 4.92 Å². The van der Waals surface area contributed by atoms with Gasteiger partial charge in [-0.1, -0.05) is 11.6 Å². The number of nitrogens with two attached hydrogens (primary N) is 1. The van der Waals surface area contributed by atoms with Crippen molar-refractivity contribution in [2.75, 3.05) is 6.54 Å². The quantitative estimate of drug-likeness (QED) is 0.564. The molecule has 13 heavy (non-hydrogen) atoms. The normalized spacial score (nSPS) is 10.0. The predicted octanol–water partition coefficient (Wildman–Crippen LogP) is 1.40. The molecule has 0 spiro atoms. The van der Waals surface area contributed by atoms with Gasteiger partial charge in [0.25, 0.3) is 5.69 Å². The maximum Gasteiger partial charge on any atom is 0.272 e. The molecule has 0 aliphatic heterocycles. The van der Waals surface area contributed by atoms with Crippen molar-refractivity contribution in [3.63, 3.8) is 0 Å². The zero-order valence-corrected chi connectivity index (χ0v) is 7.49. The third kappa shape index (κ3) is 2.26. The van der Waals surface area contributed by atoms with Crippen molar-refractivity contribution in [3.05, 3.63) is 39.4 Å². The van der Waals surface area contributed by atoms with Gasteiger partial charge in [0.15, 0.2) is 0 Å². The van der Waals surface area contributed by atoms with E-state index in [-0.39, 0.29) is 10.6 Å². The largest absolute Gasteiger partial charge is 0.330 e. The highest BCUT2D eigenvalue weighted by Gasteiger charge is 2.11. The van der Waals surface area contributed by atoms with Crippen LogP contribution in [-0.4, -0.2) is 11.5 Å². The number of nitro groups is 1. The summed E-state index contributed by atoms with van der Waals surface area (Å²) in [6.45, 7) is 2.34. The fourth-order valence-electron chi connectivity index (χ4n) is 1.25. The minimum absolute atomic E-state index is 0.163. The smallest absolute Gasteiger partial charge is 0.272 e. The van der Waals surface area contributed by atoms with Gasteiger partial charge in [-0.3, -0.25) is 10.1 Å². The molecule has 1 aromatic rings. The maximum absolute atomic E-state index is 10.6. The molecule has 0 heterocycles. The molecular weight excluding hydrogens is 168 g/mol. The van der Waals surface area contributed by atoms with Gasteiger partial charge in [-0.25, -0.2) is 0 Å². The Labute approximate surface area is 76.5 Å². The Morgan fingerprint density at radius 2 is 2.23 bits per heavy atom. The van der Waals surface area contributed by atoms with Gasteiger partial charge < -0.3 is 5.73 Å². The Kier molecular flexibility index (Phi) is 2.97. The number of aryl methyl sites for hydroxylation is 1. The first kappa shape index (κ1) is 9.67. The van der Waals surface area contributed by atoms with E-state index in [9.17, 15) is 10.1 Å². The fraction of sp³-hybridized carbons (Fsp3) is 0.333. The second-order valence-corrected chi connectivity index (χ2v) is 2.93. The first-order valence-corrected chi connectivity index (χ1v) is 4.09. The first-order valence-electron chi connectivity index (χ1n) is 4.09. The summed E-state index contributed by atoms with van der Waals surface area (Å²) in [5, 5.41) is 10.6. The van der Waals surface area contributed by atoms with Crippen molar-refractivity contribution in [1.82, 2.24) is 0 Å². The van der Waals surface area contributed by atoms with Gasteiger partial charge in [0.2, 0.25) is 0 Å². The molecule has 70 valence electrons. The van der Waals surface area contributed by atoms with Gasteiger partial charge in [-0.05, 0) is 26.0 Å².